The van der Waals surface area contributed by atoms with Crippen molar-refractivity contribution in [1.82, 2.24) is 5.32 Å². The van der Waals surface area contributed by atoms with Gasteiger partial charge < -0.3 is 5.32 Å². The van der Waals surface area contributed by atoms with Gasteiger partial charge in [0.1, 0.15) is 0 Å². The van der Waals surface area contributed by atoms with Crippen LogP contribution in [0.4, 0.5) is 0 Å². The highest BCUT2D eigenvalue weighted by Gasteiger charge is 2.26. The minimum atomic E-state index is 0.00197. The molecule has 1 aliphatic rings. The molecule has 0 spiro atoms. The predicted molar refractivity (Wildman–Crippen MR) is 76.3 cm³/mol. The average Bonchev–Trinajstić information content (AvgIpc) is 2.94. The van der Waals surface area contributed by atoms with E-state index in [2.05, 4.69) is 21.2 Å². The Morgan fingerprint density at radius 2 is 2.24 bits per heavy atom. The summed E-state index contributed by atoms with van der Waals surface area (Å²) in [6, 6.07) is 3.54. The van der Waals surface area contributed by atoms with E-state index in [0.717, 1.165) is 11.9 Å². The zero-order valence-corrected chi connectivity index (χ0v) is 12.6. The maximum Gasteiger partial charge on any atom is 0.261 e. The Kier molecular flexibility index (Phi) is 4.88. The largest absolute Gasteiger partial charge is 0.351 e. The second-order valence-electron chi connectivity index (χ2n) is 4.42. The van der Waals surface area contributed by atoms with Crippen LogP contribution in [0.25, 0.3) is 0 Å². The van der Waals surface area contributed by atoms with E-state index in [1.807, 2.05) is 0 Å². The van der Waals surface area contributed by atoms with Crippen molar-refractivity contribution in [2.45, 2.75) is 19.3 Å². The molecule has 0 bridgehead atoms. The van der Waals surface area contributed by atoms with Gasteiger partial charge in [0.05, 0.1) is 9.21 Å². The highest BCUT2D eigenvalue weighted by molar-refractivity contribution is 9.09. The second-order valence-corrected chi connectivity index (χ2v) is 6.78. The molecule has 0 aliphatic heterocycles. The van der Waals surface area contributed by atoms with Crippen molar-refractivity contribution in [3.8, 4) is 0 Å². The lowest BCUT2D eigenvalue weighted by atomic mass is 9.98. The number of hydrogen-bond acceptors (Lipinski definition) is 2. The molecule has 2 unspecified atom stereocenters. The van der Waals surface area contributed by atoms with Crippen molar-refractivity contribution in [3.63, 3.8) is 0 Å². The number of alkyl halides is 1. The number of amides is 1. The number of hydrogen-bond donors (Lipinski definition) is 1. The fourth-order valence-electron chi connectivity index (χ4n) is 2.33. The van der Waals surface area contributed by atoms with Crippen LogP contribution in [-0.2, 0) is 0 Å². The van der Waals surface area contributed by atoms with Crippen molar-refractivity contribution in [2.24, 2.45) is 11.8 Å². The van der Waals surface area contributed by atoms with Gasteiger partial charge in [-0.05, 0) is 36.8 Å². The van der Waals surface area contributed by atoms with Crippen LogP contribution in [0.5, 0.6) is 0 Å². The molecule has 0 aromatic carbocycles. The van der Waals surface area contributed by atoms with Gasteiger partial charge in [-0.25, -0.2) is 0 Å². The molecule has 5 heteroatoms. The number of carbonyl (C=O) groups excluding carboxylic acids is 1. The third-order valence-corrected chi connectivity index (χ3v) is 5.40. The third kappa shape index (κ3) is 3.46. The normalized spacial score (nSPS) is 23.9. The predicted octanol–water partition coefficient (Wildman–Crippen LogP) is 3.94. The van der Waals surface area contributed by atoms with E-state index in [0.29, 0.717) is 21.0 Å². The van der Waals surface area contributed by atoms with Gasteiger partial charge in [-0.2, -0.15) is 0 Å². The molecule has 1 fully saturated rings. The summed E-state index contributed by atoms with van der Waals surface area (Å²) >= 11 is 10.7. The van der Waals surface area contributed by atoms with Gasteiger partial charge in [-0.3, -0.25) is 4.79 Å². The molecule has 1 saturated carbocycles. The topological polar surface area (TPSA) is 29.1 Å². The first kappa shape index (κ1) is 13.4. The van der Waals surface area contributed by atoms with E-state index in [-0.39, 0.29) is 5.91 Å². The lowest BCUT2D eigenvalue weighted by Crippen LogP contribution is -2.30. The Labute approximate surface area is 119 Å². The summed E-state index contributed by atoms with van der Waals surface area (Å²) < 4.78 is 0.661. The second kappa shape index (κ2) is 6.21. The molecule has 2 atom stereocenters. The lowest BCUT2D eigenvalue weighted by molar-refractivity contribution is 0.0949. The molecule has 1 aromatic rings. The van der Waals surface area contributed by atoms with Gasteiger partial charge >= 0.3 is 0 Å². The van der Waals surface area contributed by atoms with Gasteiger partial charge in [0.2, 0.25) is 0 Å². The van der Waals surface area contributed by atoms with E-state index < -0.39 is 0 Å². The molecular formula is C12H15BrClNOS. The Morgan fingerprint density at radius 1 is 1.47 bits per heavy atom. The number of halogens is 2. The van der Waals surface area contributed by atoms with Crippen molar-refractivity contribution in [1.29, 1.82) is 0 Å². The zero-order valence-electron chi connectivity index (χ0n) is 9.42. The molecule has 0 radical (unpaired) electrons. The van der Waals surface area contributed by atoms with Crippen LogP contribution < -0.4 is 5.32 Å². The van der Waals surface area contributed by atoms with Gasteiger partial charge in [0, 0.05) is 11.9 Å². The van der Waals surface area contributed by atoms with E-state index in [1.165, 1.54) is 30.6 Å². The number of nitrogens with one attached hydrogen (secondary N) is 1. The quantitative estimate of drug-likeness (QED) is 0.829. The number of carbonyl (C=O) groups is 1. The summed E-state index contributed by atoms with van der Waals surface area (Å²) in [5.74, 6) is 1.33. The molecule has 2 nitrogen and oxygen atoms in total. The van der Waals surface area contributed by atoms with Crippen LogP contribution in [-0.4, -0.2) is 17.8 Å². The zero-order chi connectivity index (χ0) is 12.3. The molecule has 0 saturated heterocycles. The van der Waals surface area contributed by atoms with Crippen LogP contribution >= 0.6 is 38.9 Å². The first-order chi connectivity index (χ1) is 8.20. The smallest absolute Gasteiger partial charge is 0.261 e. The Morgan fingerprint density at radius 3 is 2.88 bits per heavy atom. The summed E-state index contributed by atoms with van der Waals surface area (Å²) in [5, 5.41) is 4.05. The van der Waals surface area contributed by atoms with E-state index in [4.69, 9.17) is 11.6 Å². The van der Waals surface area contributed by atoms with Crippen LogP contribution in [0.15, 0.2) is 12.1 Å². The van der Waals surface area contributed by atoms with Crippen molar-refractivity contribution < 1.29 is 4.79 Å². The van der Waals surface area contributed by atoms with Gasteiger partial charge in [0.25, 0.3) is 5.91 Å². The molecule has 1 aromatic heterocycles. The monoisotopic (exact) mass is 335 g/mol. The Balaban J connectivity index is 1.84. The van der Waals surface area contributed by atoms with E-state index >= 15 is 0 Å². The van der Waals surface area contributed by atoms with Gasteiger partial charge in [-0.15, -0.1) is 11.3 Å². The summed E-state index contributed by atoms with van der Waals surface area (Å²) in [6.45, 7) is 0.782. The standard InChI is InChI=1S/C12H15BrClNOS/c13-6-8-2-1-3-9(8)7-15-12(16)10-4-5-11(14)17-10/h4-5,8-9H,1-3,6-7H2,(H,15,16). The minimum absolute atomic E-state index is 0.00197. The molecule has 2 rings (SSSR count). The van der Waals surface area contributed by atoms with Crippen molar-refractivity contribution in [3.05, 3.63) is 21.3 Å². The van der Waals surface area contributed by atoms with Crippen molar-refractivity contribution >= 4 is 44.8 Å². The Bertz CT molecular complexity index is 396. The molecular weight excluding hydrogens is 322 g/mol. The summed E-state index contributed by atoms with van der Waals surface area (Å²) in [7, 11) is 0. The number of thiophene rings is 1. The van der Waals surface area contributed by atoms with Crippen LogP contribution in [0.2, 0.25) is 4.34 Å². The molecule has 1 heterocycles. The highest BCUT2D eigenvalue weighted by atomic mass is 79.9. The number of rotatable bonds is 4. The first-order valence-electron chi connectivity index (χ1n) is 5.80. The third-order valence-electron chi connectivity index (χ3n) is 3.34. The molecule has 1 amide bonds. The van der Waals surface area contributed by atoms with E-state index in [1.54, 1.807) is 12.1 Å². The van der Waals surface area contributed by atoms with Crippen LogP contribution in [0, 0.1) is 11.8 Å². The van der Waals surface area contributed by atoms with Gasteiger partial charge in [-0.1, -0.05) is 34.0 Å². The molecule has 94 valence electrons. The van der Waals surface area contributed by atoms with Crippen molar-refractivity contribution in [2.75, 3.05) is 11.9 Å². The average molecular weight is 337 g/mol. The first-order valence-corrected chi connectivity index (χ1v) is 8.12. The molecule has 17 heavy (non-hydrogen) atoms. The van der Waals surface area contributed by atoms with Crippen LogP contribution in [0.3, 0.4) is 0 Å². The SMILES string of the molecule is O=C(NCC1CCCC1CBr)c1ccc(Cl)s1. The van der Waals surface area contributed by atoms with Gasteiger partial charge in [0.15, 0.2) is 0 Å². The Hall–Kier alpha value is -0.0600. The molecule has 1 N–H and O–H groups in total. The summed E-state index contributed by atoms with van der Waals surface area (Å²) in [5.41, 5.74) is 0. The fourth-order valence-corrected chi connectivity index (χ4v) is 4.14. The highest BCUT2D eigenvalue weighted by Crippen LogP contribution is 2.32. The lowest BCUT2D eigenvalue weighted by Gasteiger charge is -2.17. The van der Waals surface area contributed by atoms with Crippen LogP contribution in [0.1, 0.15) is 28.9 Å². The maximum absolute atomic E-state index is 11.8. The maximum atomic E-state index is 11.8. The van der Waals surface area contributed by atoms with E-state index in [9.17, 15) is 4.79 Å². The molecule has 1 aliphatic carbocycles. The fraction of sp³-hybridized carbons (Fsp3) is 0.583. The minimum Gasteiger partial charge on any atom is -0.351 e. The summed E-state index contributed by atoms with van der Waals surface area (Å²) in [4.78, 5) is 12.5. The summed E-state index contributed by atoms with van der Waals surface area (Å²) in [6.07, 6.45) is 3.78.